The van der Waals surface area contributed by atoms with Crippen LogP contribution in [0.1, 0.15) is 24.2 Å². The Labute approximate surface area is 165 Å². The summed E-state index contributed by atoms with van der Waals surface area (Å²) in [6.07, 6.45) is 0. The lowest BCUT2D eigenvalue weighted by molar-refractivity contribution is -0.130. The van der Waals surface area contributed by atoms with Crippen molar-refractivity contribution in [3.63, 3.8) is 0 Å². The molecular weight excluding hydrogens is 384 g/mol. The largest absolute Gasteiger partial charge is 0.358 e. The number of hydrogen-bond donors (Lipinski definition) is 1. The first-order valence-corrected chi connectivity index (χ1v) is 10.5. The van der Waals surface area contributed by atoms with Crippen molar-refractivity contribution in [1.82, 2.24) is 19.4 Å². The standard InChI is InChI=1S/C18H26N4O5S/c1-4-20(13-17(24)19-3)18(25)15-5-7-16(8-6-15)28(26,27)22-11-9-21(10-12-22)14(2)23/h5-8H,4,9-13H2,1-3H3,(H,19,24). The zero-order chi connectivity index (χ0) is 20.9. The Hall–Kier alpha value is -2.46. The average Bonchev–Trinajstić information content (AvgIpc) is 2.71. The van der Waals surface area contributed by atoms with Crippen molar-refractivity contribution < 1.29 is 22.8 Å². The smallest absolute Gasteiger partial charge is 0.254 e. The van der Waals surface area contributed by atoms with Gasteiger partial charge >= 0.3 is 0 Å². The molecule has 1 aromatic carbocycles. The molecule has 0 aliphatic carbocycles. The maximum absolute atomic E-state index is 12.8. The van der Waals surface area contributed by atoms with E-state index in [2.05, 4.69) is 5.32 Å². The summed E-state index contributed by atoms with van der Waals surface area (Å²) in [7, 11) is -2.20. The minimum absolute atomic E-state index is 0.0632. The van der Waals surface area contributed by atoms with E-state index < -0.39 is 10.0 Å². The fourth-order valence-electron chi connectivity index (χ4n) is 2.92. The summed E-state index contributed by atoms with van der Waals surface area (Å²) < 4.78 is 26.9. The molecule has 0 atom stereocenters. The Morgan fingerprint density at radius 2 is 1.64 bits per heavy atom. The van der Waals surface area contributed by atoms with Crippen LogP contribution in [0.25, 0.3) is 0 Å². The first kappa shape index (κ1) is 21.8. The normalized spacial score (nSPS) is 15.2. The summed E-state index contributed by atoms with van der Waals surface area (Å²) in [5, 5.41) is 2.47. The maximum Gasteiger partial charge on any atom is 0.254 e. The second-order valence-electron chi connectivity index (χ2n) is 6.43. The Bertz CT molecular complexity index is 830. The Kier molecular flexibility index (Phi) is 7.14. The fraction of sp³-hybridized carbons (Fsp3) is 0.500. The number of nitrogens with one attached hydrogen (secondary N) is 1. The molecule has 28 heavy (non-hydrogen) atoms. The number of sulfonamides is 1. The highest BCUT2D eigenvalue weighted by Crippen LogP contribution is 2.19. The fourth-order valence-corrected chi connectivity index (χ4v) is 4.35. The second-order valence-corrected chi connectivity index (χ2v) is 8.36. The highest BCUT2D eigenvalue weighted by atomic mass is 32.2. The third-order valence-corrected chi connectivity index (χ3v) is 6.62. The van der Waals surface area contributed by atoms with Gasteiger partial charge in [0.15, 0.2) is 0 Å². The van der Waals surface area contributed by atoms with Crippen LogP contribution >= 0.6 is 0 Å². The van der Waals surface area contributed by atoms with Gasteiger partial charge in [-0.1, -0.05) is 0 Å². The number of nitrogens with zero attached hydrogens (tertiary/aromatic N) is 3. The Morgan fingerprint density at radius 3 is 2.11 bits per heavy atom. The molecular formula is C18H26N4O5S. The number of hydrogen-bond acceptors (Lipinski definition) is 5. The number of carbonyl (C=O) groups is 3. The summed E-state index contributed by atoms with van der Waals surface area (Å²) in [5.74, 6) is -0.693. The number of carbonyl (C=O) groups excluding carboxylic acids is 3. The molecule has 0 spiro atoms. The van der Waals surface area contributed by atoms with Gasteiger partial charge in [-0.3, -0.25) is 14.4 Å². The van der Waals surface area contributed by atoms with Gasteiger partial charge in [0, 0.05) is 52.3 Å². The van der Waals surface area contributed by atoms with E-state index in [0.29, 0.717) is 25.2 Å². The van der Waals surface area contributed by atoms with Crippen LogP contribution in [0.3, 0.4) is 0 Å². The minimum atomic E-state index is -3.70. The first-order chi connectivity index (χ1) is 13.2. The predicted octanol–water partition coefficient (Wildman–Crippen LogP) is -0.252. The maximum atomic E-state index is 12.8. The molecule has 1 N–H and O–H groups in total. The molecule has 1 saturated heterocycles. The van der Waals surface area contributed by atoms with Crippen molar-refractivity contribution in [3.05, 3.63) is 29.8 Å². The zero-order valence-corrected chi connectivity index (χ0v) is 17.2. The molecule has 154 valence electrons. The van der Waals surface area contributed by atoms with Crippen LogP contribution in [0.5, 0.6) is 0 Å². The summed E-state index contributed by atoms with van der Waals surface area (Å²) in [4.78, 5) is 38.5. The van der Waals surface area contributed by atoms with Crippen molar-refractivity contribution >= 4 is 27.7 Å². The van der Waals surface area contributed by atoms with Crippen LogP contribution in [0.4, 0.5) is 0 Å². The van der Waals surface area contributed by atoms with Gasteiger partial charge in [-0.25, -0.2) is 8.42 Å². The molecule has 3 amide bonds. The van der Waals surface area contributed by atoms with Crippen LogP contribution in [-0.2, 0) is 19.6 Å². The van der Waals surface area contributed by atoms with Gasteiger partial charge in [-0.2, -0.15) is 4.31 Å². The number of benzene rings is 1. The monoisotopic (exact) mass is 410 g/mol. The van der Waals surface area contributed by atoms with Crippen LogP contribution in [-0.4, -0.2) is 86.6 Å². The molecule has 1 aliphatic rings. The van der Waals surface area contributed by atoms with Gasteiger partial charge in [0.05, 0.1) is 11.4 Å². The summed E-state index contributed by atoms with van der Waals surface area (Å²) in [5.41, 5.74) is 0.311. The van der Waals surface area contributed by atoms with E-state index in [-0.39, 0.29) is 42.3 Å². The van der Waals surface area contributed by atoms with Gasteiger partial charge in [0.1, 0.15) is 0 Å². The molecule has 1 aliphatic heterocycles. The number of piperazine rings is 1. The highest BCUT2D eigenvalue weighted by molar-refractivity contribution is 7.89. The van der Waals surface area contributed by atoms with E-state index in [9.17, 15) is 22.8 Å². The van der Waals surface area contributed by atoms with Crippen LogP contribution in [0, 0.1) is 0 Å². The van der Waals surface area contributed by atoms with Gasteiger partial charge in [-0.05, 0) is 31.2 Å². The lowest BCUT2D eigenvalue weighted by Gasteiger charge is -2.33. The molecule has 0 saturated carbocycles. The van der Waals surface area contributed by atoms with Crippen LogP contribution in [0.15, 0.2) is 29.2 Å². The highest BCUT2D eigenvalue weighted by Gasteiger charge is 2.29. The van der Waals surface area contributed by atoms with E-state index in [1.165, 1.54) is 47.4 Å². The van der Waals surface area contributed by atoms with E-state index in [1.807, 2.05) is 0 Å². The molecule has 9 nitrogen and oxygen atoms in total. The SMILES string of the molecule is CCN(CC(=O)NC)C(=O)c1ccc(S(=O)(=O)N2CCN(C(C)=O)CC2)cc1. The van der Waals surface area contributed by atoms with Crippen molar-refractivity contribution in [1.29, 1.82) is 0 Å². The Balaban J connectivity index is 2.11. The molecule has 10 heteroatoms. The van der Waals surface area contributed by atoms with E-state index in [4.69, 9.17) is 0 Å². The molecule has 0 radical (unpaired) electrons. The molecule has 1 heterocycles. The number of amides is 3. The zero-order valence-electron chi connectivity index (χ0n) is 16.3. The number of likely N-dealkylation sites (N-methyl/N-ethyl adjacent to an activating group) is 2. The molecule has 0 aromatic heterocycles. The van der Waals surface area contributed by atoms with Crippen molar-refractivity contribution in [3.8, 4) is 0 Å². The molecule has 1 fully saturated rings. The van der Waals surface area contributed by atoms with Gasteiger partial charge in [0.2, 0.25) is 21.8 Å². The van der Waals surface area contributed by atoms with E-state index in [0.717, 1.165) is 0 Å². The first-order valence-electron chi connectivity index (χ1n) is 9.06. The lowest BCUT2D eigenvalue weighted by Crippen LogP contribution is -2.49. The van der Waals surface area contributed by atoms with Gasteiger partial charge in [-0.15, -0.1) is 0 Å². The molecule has 1 aromatic rings. The molecule has 2 rings (SSSR count). The summed E-state index contributed by atoms with van der Waals surface area (Å²) in [6.45, 7) is 4.70. The minimum Gasteiger partial charge on any atom is -0.358 e. The van der Waals surface area contributed by atoms with Crippen molar-refractivity contribution in [2.45, 2.75) is 18.7 Å². The Morgan fingerprint density at radius 1 is 1.07 bits per heavy atom. The topological polar surface area (TPSA) is 107 Å². The molecule has 0 bridgehead atoms. The van der Waals surface area contributed by atoms with Crippen LogP contribution in [0.2, 0.25) is 0 Å². The predicted molar refractivity (Wildman–Crippen MR) is 103 cm³/mol. The third-order valence-electron chi connectivity index (χ3n) is 4.71. The molecule has 0 unspecified atom stereocenters. The summed E-state index contributed by atoms with van der Waals surface area (Å²) >= 11 is 0. The summed E-state index contributed by atoms with van der Waals surface area (Å²) in [6, 6.07) is 5.70. The van der Waals surface area contributed by atoms with Crippen molar-refractivity contribution in [2.24, 2.45) is 0 Å². The quantitative estimate of drug-likeness (QED) is 0.696. The third kappa shape index (κ3) is 4.87. The lowest BCUT2D eigenvalue weighted by atomic mass is 10.2. The van der Waals surface area contributed by atoms with Crippen LogP contribution < -0.4 is 5.32 Å². The van der Waals surface area contributed by atoms with Gasteiger partial charge < -0.3 is 15.1 Å². The average molecular weight is 410 g/mol. The van der Waals surface area contributed by atoms with Gasteiger partial charge in [0.25, 0.3) is 5.91 Å². The van der Waals surface area contributed by atoms with E-state index in [1.54, 1.807) is 11.8 Å². The van der Waals surface area contributed by atoms with Crippen molar-refractivity contribution in [2.75, 3.05) is 46.3 Å². The second kappa shape index (κ2) is 9.16. The number of rotatable bonds is 6. The van der Waals surface area contributed by atoms with E-state index >= 15 is 0 Å².